The van der Waals surface area contributed by atoms with E-state index in [9.17, 15) is 14.9 Å². The van der Waals surface area contributed by atoms with E-state index < -0.39 is 27.3 Å². The van der Waals surface area contributed by atoms with E-state index in [1.54, 1.807) is 0 Å². The highest BCUT2D eigenvalue weighted by Gasteiger charge is 2.39. The lowest BCUT2D eigenvalue weighted by Gasteiger charge is -2.19. The Balaban J connectivity index is 4.37. The van der Waals surface area contributed by atoms with E-state index in [-0.39, 0.29) is 0 Å². The van der Waals surface area contributed by atoms with Crippen molar-refractivity contribution in [2.45, 2.75) is 16.8 Å². The van der Waals surface area contributed by atoms with E-state index in [4.69, 9.17) is 34.8 Å². The van der Waals surface area contributed by atoms with E-state index in [2.05, 4.69) is 4.74 Å². The molecule has 0 unspecified atom stereocenters. The predicted octanol–water partition coefficient (Wildman–Crippen LogP) is 1.56. The molecule has 76 valence electrons. The van der Waals surface area contributed by atoms with Gasteiger partial charge in [-0.2, -0.15) is 0 Å². The molecule has 0 spiro atoms. The minimum atomic E-state index is -1.99. The number of nitrogens with zero attached hydrogens (tertiary/aromatic N) is 1. The Morgan fingerprint density at radius 1 is 1.62 bits per heavy atom. The minimum absolute atomic E-state index is 0.727. The van der Waals surface area contributed by atoms with Crippen LogP contribution in [0.25, 0.3) is 0 Å². The average Bonchev–Trinajstić information content (AvgIpc) is 1.81. The molecule has 0 saturated carbocycles. The molecule has 1 atom stereocenters. The van der Waals surface area contributed by atoms with Crippen LogP contribution in [0.15, 0.2) is 0 Å². The van der Waals surface area contributed by atoms with Crippen LogP contribution < -0.4 is 0 Å². The summed E-state index contributed by atoms with van der Waals surface area (Å²) >= 11 is 16.0. The second-order valence-electron chi connectivity index (χ2n) is 2.15. The zero-order chi connectivity index (χ0) is 10.6. The standard InChI is InChI=1S/C5H6Cl3NO4/c1-3(10)13-4(2-9(11)12)5(6,7)8/h4H,2H2,1H3/t4-/m0/s1. The molecule has 0 amide bonds. The zero-order valence-electron chi connectivity index (χ0n) is 6.50. The number of hydrogen-bond donors (Lipinski definition) is 0. The first-order valence-electron chi connectivity index (χ1n) is 3.09. The fourth-order valence-electron chi connectivity index (χ4n) is 0.543. The van der Waals surface area contributed by atoms with E-state index in [0.717, 1.165) is 6.92 Å². The van der Waals surface area contributed by atoms with Gasteiger partial charge in [-0.3, -0.25) is 14.9 Å². The molecule has 0 aromatic rings. The molecule has 5 nitrogen and oxygen atoms in total. The van der Waals surface area contributed by atoms with Gasteiger partial charge in [0.2, 0.25) is 16.4 Å². The Morgan fingerprint density at radius 2 is 2.08 bits per heavy atom. The third-order valence-corrected chi connectivity index (χ3v) is 1.72. The number of halogens is 3. The highest BCUT2D eigenvalue weighted by Crippen LogP contribution is 2.32. The summed E-state index contributed by atoms with van der Waals surface area (Å²) in [5.41, 5.74) is 0. The lowest BCUT2D eigenvalue weighted by Crippen LogP contribution is -2.36. The Hall–Kier alpha value is -0.260. The maximum Gasteiger partial charge on any atom is 0.303 e. The highest BCUT2D eigenvalue weighted by atomic mass is 35.6. The molecule has 0 fully saturated rings. The maximum atomic E-state index is 10.5. The third kappa shape index (κ3) is 5.90. The number of carbonyl (C=O) groups excluding carboxylic acids is 1. The summed E-state index contributed by atoms with van der Waals surface area (Å²) < 4.78 is 2.46. The molecule has 0 aromatic carbocycles. The van der Waals surface area contributed by atoms with Crippen molar-refractivity contribution in [2.75, 3.05) is 6.54 Å². The van der Waals surface area contributed by atoms with Crippen molar-refractivity contribution in [2.24, 2.45) is 0 Å². The number of ether oxygens (including phenoxy) is 1. The predicted molar refractivity (Wildman–Crippen MR) is 47.7 cm³/mol. The molecule has 0 N–H and O–H groups in total. The Bertz CT molecular complexity index is 198. The van der Waals surface area contributed by atoms with E-state index in [1.807, 2.05) is 0 Å². The maximum absolute atomic E-state index is 10.5. The number of esters is 1. The van der Waals surface area contributed by atoms with Gasteiger partial charge in [0, 0.05) is 11.8 Å². The summed E-state index contributed by atoms with van der Waals surface area (Å²) in [6.45, 7) is 0.333. The lowest BCUT2D eigenvalue weighted by atomic mass is 10.4. The minimum Gasteiger partial charge on any atom is -0.451 e. The Labute approximate surface area is 89.0 Å². The second kappa shape index (κ2) is 4.83. The van der Waals surface area contributed by atoms with Gasteiger partial charge in [0.1, 0.15) is 0 Å². The first-order valence-corrected chi connectivity index (χ1v) is 4.22. The van der Waals surface area contributed by atoms with Crippen LogP contribution in [0.2, 0.25) is 0 Å². The number of rotatable bonds is 3. The molecule has 0 bridgehead atoms. The molecular weight excluding hydrogens is 244 g/mol. The monoisotopic (exact) mass is 249 g/mol. The number of alkyl halides is 3. The zero-order valence-corrected chi connectivity index (χ0v) is 8.77. The van der Waals surface area contributed by atoms with Gasteiger partial charge < -0.3 is 4.74 Å². The molecule has 0 aliphatic heterocycles. The van der Waals surface area contributed by atoms with Crippen LogP contribution in [0, 0.1) is 10.1 Å². The normalized spacial score (nSPS) is 13.5. The van der Waals surface area contributed by atoms with Crippen molar-refractivity contribution >= 4 is 40.8 Å². The van der Waals surface area contributed by atoms with Gasteiger partial charge in [-0.25, -0.2) is 0 Å². The van der Waals surface area contributed by atoms with Crippen LogP contribution in [0.5, 0.6) is 0 Å². The van der Waals surface area contributed by atoms with E-state index in [0.29, 0.717) is 0 Å². The molecule has 0 rings (SSSR count). The summed E-state index contributed by atoms with van der Waals surface area (Å²) in [5, 5.41) is 10.1. The van der Waals surface area contributed by atoms with Crippen molar-refractivity contribution in [1.82, 2.24) is 0 Å². The molecule has 0 aromatic heterocycles. The van der Waals surface area contributed by atoms with Gasteiger partial charge in [0.25, 0.3) is 0 Å². The number of carbonyl (C=O) groups is 1. The van der Waals surface area contributed by atoms with Crippen LogP contribution in [0.1, 0.15) is 6.92 Å². The second-order valence-corrected chi connectivity index (χ2v) is 4.52. The molecule has 8 heteroatoms. The molecule has 0 aliphatic carbocycles. The summed E-state index contributed by atoms with van der Waals surface area (Å²) in [6.07, 6.45) is -1.37. The molecule has 0 radical (unpaired) electrons. The summed E-state index contributed by atoms with van der Waals surface area (Å²) in [4.78, 5) is 19.8. The smallest absolute Gasteiger partial charge is 0.303 e. The summed E-state index contributed by atoms with van der Waals surface area (Å²) in [7, 11) is 0. The van der Waals surface area contributed by atoms with Crippen molar-refractivity contribution in [3.63, 3.8) is 0 Å². The third-order valence-electron chi connectivity index (χ3n) is 0.988. The Kier molecular flexibility index (Phi) is 4.74. The quantitative estimate of drug-likeness (QED) is 0.330. The fraction of sp³-hybridized carbons (Fsp3) is 0.800. The first-order chi connectivity index (χ1) is 5.73. The topological polar surface area (TPSA) is 69.4 Å². The van der Waals surface area contributed by atoms with Crippen LogP contribution in [0.4, 0.5) is 0 Å². The van der Waals surface area contributed by atoms with Crippen LogP contribution in [-0.4, -0.2) is 27.3 Å². The lowest BCUT2D eigenvalue weighted by molar-refractivity contribution is -0.489. The van der Waals surface area contributed by atoms with Gasteiger partial charge in [0.05, 0.1) is 0 Å². The van der Waals surface area contributed by atoms with E-state index >= 15 is 0 Å². The molecular formula is C5H6Cl3NO4. The Morgan fingerprint density at radius 3 is 2.31 bits per heavy atom. The fourth-order valence-corrected chi connectivity index (χ4v) is 0.884. The number of nitro groups is 1. The molecule has 0 aliphatic rings. The SMILES string of the molecule is CC(=O)O[C@@H](C[N+](=O)[O-])C(Cl)(Cl)Cl. The average molecular weight is 250 g/mol. The van der Waals surface area contributed by atoms with Crippen LogP contribution >= 0.6 is 34.8 Å². The van der Waals surface area contributed by atoms with E-state index in [1.165, 1.54) is 0 Å². The van der Waals surface area contributed by atoms with Gasteiger partial charge in [-0.15, -0.1) is 0 Å². The molecule has 13 heavy (non-hydrogen) atoms. The van der Waals surface area contributed by atoms with Crippen molar-refractivity contribution in [1.29, 1.82) is 0 Å². The first kappa shape index (κ1) is 12.7. The molecule has 0 saturated heterocycles. The summed E-state index contributed by atoms with van der Waals surface area (Å²) in [5.74, 6) is -0.738. The van der Waals surface area contributed by atoms with Crippen molar-refractivity contribution in [3.05, 3.63) is 10.1 Å². The van der Waals surface area contributed by atoms with Gasteiger partial charge >= 0.3 is 5.97 Å². The van der Waals surface area contributed by atoms with Gasteiger partial charge in [0.15, 0.2) is 0 Å². The van der Waals surface area contributed by atoms with Gasteiger partial charge in [-0.05, 0) is 0 Å². The molecule has 0 heterocycles. The number of hydrogen-bond acceptors (Lipinski definition) is 4. The van der Waals surface area contributed by atoms with Gasteiger partial charge in [-0.1, -0.05) is 34.8 Å². The van der Waals surface area contributed by atoms with Crippen molar-refractivity contribution < 1.29 is 14.5 Å². The van der Waals surface area contributed by atoms with Crippen LogP contribution in [0.3, 0.4) is 0 Å². The van der Waals surface area contributed by atoms with Crippen molar-refractivity contribution in [3.8, 4) is 0 Å². The van der Waals surface area contributed by atoms with Crippen LogP contribution in [-0.2, 0) is 9.53 Å². The summed E-state index contributed by atoms with van der Waals surface area (Å²) in [6, 6.07) is 0. The largest absolute Gasteiger partial charge is 0.451 e. The highest BCUT2D eigenvalue weighted by molar-refractivity contribution is 6.68.